The van der Waals surface area contributed by atoms with Gasteiger partial charge in [-0.25, -0.2) is 0 Å². The molecule has 0 amide bonds. The lowest BCUT2D eigenvalue weighted by molar-refractivity contribution is 0.392. The molecule has 2 heteroatoms. The van der Waals surface area contributed by atoms with E-state index in [-0.39, 0.29) is 0 Å². The Kier molecular flexibility index (Phi) is 5.34. The first kappa shape index (κ1) is 12.7. The van der Waals surface area contributed by atoms with Crippen molar-refractivity contribution in [2.75, 3.05) is 6.54 Å². The summed E-state index contributed by atoms with van der Waals surface area (Å²) in [7, 11) is 0. The summed E-state index contributed by atoms with van der Waals surface area (Å²) in [5.41, 5.74) is 1.33. The van der Waals surface area contributed by atoms with E-state index in [4.69, 9.17) is 0 Å². The Morgan fingerprint density at radius 1 is 1.20 bits per heavy atom. The molecule has 1 aromatic rings. The highest BCUT2D eigenvalue weighted by atomic mass is 79.9. The lowest BCUT2D eigenvalue weighted by atomic mass is 9.98. The Labute approximate surface area is 101 Å². The van der Waals surface area contributed by atoms with Crippen LogP contribution in [-0.4, -0.2) is 6.54 Å². The molecule has 0 aliphatic carbocycles. The molecule has 1 aromatic carbocycles. The van der Waals surface area contributed by atoms with E-state index >= 15 is 0 Å². The molecule has 1 unspecified atom stereocenters. The van der Waals surface area contributed by atoms with E-state index in [1.165, 1.54) is 10.0 Å². The molecular formula is C13H20BrN. The predicted molar refractivity (Wildman–Crippen MR) is 69.9 cm³/mol. The maximum absolute atomic E-state index is 3.55. The molecule has 1 N–H and O–H groups in total. The average molecular weight is 270 g/mol. The molecule has 0 spiro atoms. The Morgan fingerprint density at radius 3 is 2.47 bits per heavy atom. The van der Waals surface area contributed by atoms with Crippen LogP contribution in [0.3, 0.4) is 0 Å². The van der Waals surface area contributed by atoms with Gasteiger partial charge in [-0.05, 0) is 30.0 Å². The van der Waals surface area contributed by atoms with Crippen molar-refractivity contribution in [2.24, 2.45) is 11.8 Å². The molecule has 15 heavy (non-hydrogen) atoms. The normalized spacial score (nSPS) is 13.1. The van der Waals surface area contributed by atoms with Crippen molar-refractivity contribution in [3.63, 3.8) is 0 Å². The molecular weight excluding hydrogens is 250 g/mol. The monoisotopic (exact) mass is 269 g/mol. The van der Waals surface area contributed by atoms with Gasteiger partial charge < -0.3 is 5.32 Å². The van der Waals surface area contributed by atoms with Gasteiger partial charge in [0.15, 0.2) is 0 Å². The van der Waals surface area contributed by atoms with E-state index in [1.807, 2.05) is 6.07 Å². The molecule has 0 saturated carbocycles. The summed E-state index contributed by atoms with van der Waals surface area (Å²) in [4.78, 5) is 0. The largest absolute Gasteiger partial charge is 0.312 e. The van der Waals surface area contributed by atoms with E-state index < -0.39 is 0 Å². The van der Waals surface area contributed by atoms with E-state index in [1.54, 1.807) is 0 Å². The lowest BCUT2D eigenvalue weighted by Crippen LogP contribution is -2.23. The van der Waals surface area contributed by atoms with Crippen LogP contribution in [0.15, 0.2) is 28.7 Å². The van der Waals surface area contributed by atoms with Crippen LogP contribution in [0, 0.1) is 11.8 Å². The minimum Gasteiger partial charge on any atom is -0.312 e. The van der Waals surface area contributed by atoms with Crippen molar-refractivity contribution in [2.45, 2.75) is 27.3 Å². The highest BCUT2D eigenvalue weighted by Crippen LogP contribution is 2.15. The van der Waals surface area contributed by atoms with Gasteiger partial charge in [0.2, 0.25) is 0 Å². The zero-order chi connectivity index (χ0) is 11.3. The van der Waals surface area contributed by atoms with Crippen LogP contribution in [0.2, 0.25) is 0 Å². The van der Waals surface area contributed by atoms with Crippen LogP contribution in [0.25, 0.3) is 0 Å². The Morgan fingerprint density at radius 2 is 1.87 bits per heavy atom. The maximum Gasteiger partial charge on any atom is 0.0220 e. The quantitative estimate of drug-likeness (QED) is 0.857. The first-order chi connectivity index (χ1) is 7.11. The van der Waals surface area contributed by atoms with Gasteiger partial charge in [0.25, 0.3) is 0 Å². The fourth-order valence-corrected chi connectivity index (χ4v) is 1.74. The molecule has 1 nitrogen and oxygen atoms in total. The molecule has 0 heterocycles. The molecule has 0 aromatic heterocycles. The van der Waals surface area contributed by atoms with Gasteiger partial charge in [-0.2, -0.15) is 0 Å². The highest BCUT2D eigenvalue weighted by molar-refractivity contribution is 9.10. The van der Waals surface area contributed by atoms with E-state index in [9.17, 15) is 0 Å². The summed E-state index contributed by atoms with van der Waals surface area (Å²) in [6, 6.07) is 8.36. The van der Waals surface area contributed by atoms with Gasteiger partial charge in [0.1, 0.15) is 0 Å². The van der Waals surface area contributed by atoms with Gasteiger partial charge in [-0.1, -0.05) is 54.9 Å². The lowest BCUT2D eigenvalue weighted by Gasteiger charge is -2.16. The summed E-state index contributed by atoms with van der Waals surface area (Å²) in [6.07, 6.45) is 0. The van der Waals surface area contributed by atoms with Crippen molar-refractivity contribution < 1.29 is 0 Å². The molecule has 0 bridgehead atoms. The van der Waals surface area contributed by atoms with Crippen LogP contribution < -0.4 is 5.32 Å². The zero-order valence-electron chi connectivity index (χ0n) is 9.76. The second-order valence-electron chi connectivity index (χ2n) is 4.44. The predicted octanol–water partition coefficient (Wildman–Crippen LogP) is 3.83. The SMILES string of the molecule is CC(C)C(C)CNCc1ccccc1Br. The summed E-state index contributed by atoms with van der Waals surface area (Å²) >= 11 is 3.55. The van der Waals surface area contributed by atoms with Crippen LogP contribution in [-0.2, 0) is 6.54 Å². The van der Waals surface area contributed by atoms with Crippen LogP contribution in [0.4, 0.5) is 0 Å². The van der Waals surface area contributed by atoms with Crippen molar-refractivity contribution >= 4 is 15.9 Å². The molecule has 0 radical (unpaired) electrons. The Balaban J connectivity index is 2.35. The average Bonchev–Trinajstić information content (AvgIpc) is 2.20. The molecule has 84 valence electrons. The van der Waals surface area contributed by atoms with Gasteiger partial charge in [-0.15, -0.1) is 0 Å². The fraction of sp³-hybridized carbons (Fsp3) is 0.538. The molecule has 1 atom stereocenters. The first-order valence-electron chi connectivity index (χ1n) is 5.55. The van der Waals surface area contributed by atoms with Crippen LogP contribution in [0.5, 0.6) is 0 Å². The van der Waals surface area contributed by atoms with Crippen molar-refractivity contribution in [1.82, 2.24) is 5.32 Å². The third kappa shape index (κ3) is 4.35. The Bertz CT molecular complexity index is 296. The molecule has 0 aliphatic heterocycles. The van der Waals surface area contributed by atoms with E-state index in [0.717, 1.165) is 24.9 Å². The number of hydrogen-bond acceptors (Lipinski definition) is 1. The fourth-order valence-electron chi connectivity index (χ4n) is 1.31. The maximum atomic E-state index is 3.55. The molecule has 0 aliphatic rings. The van der Waals surface area contributed by atoms with E-state index in [2.05, 4.69) is 60.2 Å². The van der Waals surface area contributed by atoms with E-state index in [0.29, 0.717) is 0 Å². The van der Waals surface area contributed by atoms with Gasteiger partial charge in [0.05, 0.1) is 0 Å². The summed E-state index contributed by atoms with van der Waals surface area (Å²) < 4.78 is 1.19. The smallest absolute Gasteiger partial charge is 0.0220 e. The van der Waals surface area contributed by atoms with Gasteiger partial charge in [0, 0.05) is 11.0 Å². The topological polar surface area (TPSA) is 12.0 Å². The standard InChI is InChI=1S/C13H20BrN/c1-10(2)11(3)8-15-9-12-6-4-5-7-13(12)14/h4-7,10-11,15H,8-9H2,1-3H3. The number of nitrogens with one attached hydrogen (secondary N) is 1. The number of halogens is 1. The van der Waals surface area contributed by atoms with Crippen molar-refractivity contribution in [1.29, 1.82) is 0 Å². The highest BCUT2D eigenvalue weighted by Gasteiger charge is 2.06. The Hall–Kier alpha value is -0.340. The van der Waals surface area contributed by atoms with Crippen LogP contribution >= 0.6 is 15.9 Å². The molecule has 0 saturated heterocycles. The third-order valence-corrected chi connectivity index (χ3v) is 3.65. The second kappa shape index (κ2) is 6.29. The summed E-state index contributed by atoms with van der Waals surface area (Å²) in [5.74, 6) is 1.48. The van der Waals surface area contributed by atoms with Crippen molar-refractivity contribution in [3.8, 4) is 0 Å². The molecule has 1 rings (SSSR count). The van der Waals surface area contributed by atoms with Gasteiger partial charge in [-0.3, -0.25) is 0 Å². The minimum atomic E-state index is 0.729. The van der Waals surface area contributed by atoms with Crippen LogP contribution in [0.1, 0.15) is 26.3 Å². The first-order valence-corrected chi connectivity index (χ1v) is 6.34. The zero-order valence-corrected chi connectivity index (χ0v) is 11.3. The minimum absolute atomic E-state index is 0.729. The number of hydrogen-bond donors (Lipinski definition) is 1. The third-order valence-electron chi connectivity index (χ3n) is 2.88. The molecule has 0 fully saturated rings. The summed E-state index contributed by atoms with van der Waals surface area (Å²) in [6.45, 7) is 8.85. The van der Waals surface area contributed by atoms with Gasteiger partial charge >= 0.3 is 0 Å². The number of benzene rings is 1. The second-order valence-corrected chi connectivity index (χ2v) is 5.30. The van der Waals surface area contributed by atoms with Crippen molar-refractivity contribution in [3.05, 3.63) is 34.3 Å². The summed E-state index contributed by atoms with van der Waals surface area (Å²) in [5, 5.41) is 3.49. The number of rotatable bonds is 5.